The van der Waals surface area contributed by atoms with Gasteiger partial charge in [-0.15, -0.1) is 5.10 Å². The second-order valence-electron chi connectivity index (χ2n) is 20.4. The SMILES string of the molecule is COC1C(=O)C(C)C[C@H](C)/C=C/C=C/C=C(\C)[C@@H](OC)C[C@@H]2CCC(C)C(O)(O2)C(=O)C(=O)N2CCCCC2C(=O)O[C@H]([C@H](C)C[C@@H]2CC[C@H](n3cnnn3)[C@H](OC)C2)CC(=O)[C@H](C)/C=C(\C)[C@H]1O. The van der Waals surface area contributed by atoms with Gasteiger partial charge in [-0.3, -0.25) is 19.2 Å². The van der Waals surface area contributed by atoms with Crippen LogP contribution in [0.15, 0.2) is 53.9 Å². The molecule has 1 amide bonds. The Morgan fingerprint density at radius 3 is 2.32 bits per heavy atom. The smallest absolute Gasteiger partial charge is 0.329 e. The zero-order valence-electron chi connectivity index (χ0n) is 42.5. The Labute approximate surface area is 408 Å². The van der Waals surface area contributed by atoms with Crippen LogP contribution in [0, 0.1) is 35.5 Å². The van der Waals surface area contributed by atoms with Crippen LogP contribution in [0.25, 0.3) is 0 Å². The van der Waals surface area contributed by atoms with Crippen LogP contribution in [0.1, 0.15) is 132 Å². The fraction of sp³-hybridized carbons (Fsp3) is 0.731. The third kappa shape index (κ3) is 14.2. The van der Waals surface area contributed by atoms with Crippen molar-refractivity contribution in [1.29, 1.82) is 0 Å². The Kier molecular flexibility index (Phi) is 20.8. The van der Waals surface area contributed by atoms with Crippen LogP contribution in [0.2, 0.25) is 0 Å². The summed E-state index contributed by atoms with van der Waals surface area (Å²) in [5, 5.41) is 35.2. The lowest BCUT2D eigenvalue weighted by Crippen LogP contribution is -2.61. The topological polar surface area (TPSA) is 219 Å². The van der Waals surface area contributed by atoms with Crippen molar-refractivity contribution in [3.05, 3.63) is 53.9 Å². The number of nitrogens with zero attached hydrogens (tertiary/aromatic N) is 5. The number of fused-ring (bicyclic) bond motifs is 3. The summed E-state index contributed by atoms with van der Waals surface area (Å²) in [4.78, 5) is 72.3. The van der Waals surface area contributed by atoms with Crippen molar-refractivity contribution in [2.75, 3.05) is 27.9 Å². The molecule has 0 radical (unpaired) electrons. The van der Waals surface area contributed by atoms with E-state index in [4.69, 9.17) is 23.7 Å². The number of hydrogen-bond donors (Lipinski definition) is 2. The number of piperidine rings is 1. The van der Waals surface area contributed by atoms with Gasteiger partial charge in [-0.2, -0.15) is 0 Å². The second-order valence-corrected chi connectivity index (χ2v) is 20.4. The van der Waals surface area contributed by atoms with Gasteiger partial charge in [0.2, 0.25) is 5.79 Å². The number of aliphatic hydroxyl groups excluding tert-OH is 1. The maximum absolute atomic E-state index is 14.5. The average Bonchev–Trinajstić information content (AvgIpc) is 3.88. The van der Waals surface area contributed by atoms with Gasteiger partial charge in [0.25, 0.3) is 11.7 Å². The number of esters is 1. The fourth-order valence-electron chi connectivity index (χ4n) is 10.7. The highest BCUT2D eigenvalue weighted by molar-refractivity contribution is 6.39. The van der Waals surface area contributed by atoms with E-state index in [0.29, 0.717) is 56.9 Å². The first-order valence-electron chi connectivity index (χ1n) is 25.0. The van der Waals surface area contributed by atoms with E-state index >= 15 is 0 Å². The van der Waals surface area contributed by atoms with Crippen LogP contribution < -0.4 is 0 Å². The summed E-state index contributed by atoms with van der Waals surface area (Å²) in [7, 11) is 4.62. The van der Waals surface area contributed by atoms with Crippen molar-refractivity contribution in [2.24, 2.45) is 35.5 Å². The average molecular weight is 966 g/mol. The molecule has 5 unspecified atom stereocenters. The summed E-state index contributed by atoms with van der Waals surface area (Å²) in [5.41, 5.74) is 1.27. The molecule has 69 heavy (non-hydrogen) atoms. The van der Waals surface area contributed by atoms with Crippen LogP contribution in [-0.2, 0) is 47.7 Å². The summed E-state index contributed by atoms with van der Waals surface area (Å²) < 4.78 is 31.6. The van der Waals surface area contributed by atoms with E-state index in [2.05, 4.69) is 15.5 Å². The molecule has 0 spiro atoms. The van der Waals surface area contributed by atoms with E-state index in [9.17, 15) is 34.2 Å². The minimum absolute atomic E-state index is 0.0170. The van der Waals surface area contributed by atoms with Gasteiger partial charge < -0.3 is 38.8 Å². The molecule has 2 bridgehead atoms. The lowest BCUT2D eigenvalue weighted by atomic mass is 9.77. The molecule has 2 N–H and O–H groups in total. The third-order valence-corrected chi connectivity index (χ3v) is 15.2. The van der Waals surface area contributed by atoms with Gasteiger partial charge in [-0.1, -0.05) is 71.1 Å². The molecule has 17 heteroatoms. The second kappa shape index (κ2) is 25.7. The number of Topliss-reactive ketones (excluding diaryl/α,β-unsaturated/α-hetero) is 3. The number of methoxy groups -OCH3 is 3. The molecule has 1 saturated carbocycles. The first-order chi connectivity index (χ1) is 32.8. The largest absolute Gasteiger partial charge is 0.460 e. The molecular weight excluding hydrogens is 887 g/mol. The number of amides is 1. The number of carbonyl (C=O) groups is 5. The number of hydrogen-bond acceptors (Lipinski definition) is 15. The van der Waals surface area contributed by atoms with Gasteiger partial charge in [0.05, 0.1) is 24.4 Å². The molecule has 5 rings (SSSR count). The number of ether oxygens (including phenoxy) is 5. The van der Waals surface area contributed by atoms with Gasteiger partial charge >= 0.3 is 5.97 Å². The molecule has 15 atom stereocenters. The molecule has 17 nitrogen and oxygen atoms in total. The first-order valence-corrected chi connectivity index (χ1v) is 25.0. The highest BCUT2D eigenvalue weighted by Crippen LogP contribution is 2.39. The van der Waals surface area contributed by atoms with Gasteiger partial charge in [0, 0.05) is 58.5 Å². The molecule has 4 aliphatic rings. The number of ketones is 3. The first kappa shape index (κ1) is 55.7. The van der Waals surface area contributed by atoms with Gasteiger partial charge in [0.15, 0.2) is 5.78 Å². The van der Waals surface area contributed by atoms with Crippen LogP contribution in [0.3, 0.4) is 0 Å². The Balaban J connectivity index is 1.46. The molecule has 4 heterocycles. The predicted molar refractivity (Wildman–Crippen MR) is 256 cm³/mol. The maximum atomic E-state index is 14.5. The number of aromatic nitrogens is 4. The highest BCUT2D eigenvalue weighted by Gasteiger charge is 2.53. The molecule has 1 aliphatic carbocycles. The Morgan fingerprint density at radius 1 is 0.884 bits per heavy atom. The van der Waals surface area contributed by atoms with E-state index in [-0.39, 0.29) is 60.9 Å². The summed E-state index contributed by atoms with van der Waals surface area (Å²) >= 11 is 0. The molecule has 1 aromatic heterocycles. The summed E-state index contributed by atoms with van der Waals surface area (Å²) in [6.07, 6.45) is 13.9. The zero-order chi connectivity index (χ0) is 50.6. The summed E-state index contributed by atoms with van der Waals surface area (Å²) in [5.74, 6) is -7.92. The van der Waals surface area contributed by atoms with Crippen LogP contribution in [0.5, 0.6) is 0 Å². The van der Waals surface area contributed by atoms with Crippen molar-refractivity contribution in [3.8, 4) is 0 Å². The zero-order valence-corrected chi connectivity index (χ0v) is 42.5. The monoisotopic (exact) mass is 966 g/mol. The predicted octanol–water partition coefficient (Wildman–Crippen LogP) is 6.05. The number of carbonyl (C=O) groups excluding carboxylic acids is 5. The molecule has 3 fully saturated rings. The lowest BCUT2D eigenvalue weighted by Gasteiger charge is -2.42. The van der Waals surface area contributed by atoms with Gasteiger partial charge in [0.1, 0.15) is 36.5 Å². The molecule has 1 aromatic rings. The lowest BCUT2D eigenvalue weighted by molar-refractivity contribution is -0.265. The van der Waals surface area contributed by atoms with Gasteiger partial charge in [-0.05, 0) is 117 Å². The van der Waals surface area contributed by atoms with Crippen LogP contribution >= 0.6 is 0 Å². The summed E-state index contributed by atoms with van der Waals surface area (Å²) in [6, 6.07) is -1.19. The Hall–Kier alpha value is -4.26. The van der Waals surface area contributed by atoms with Crippen molar-refractivity contribution >= 4 is 29.2 Å². The minimum Gasteiger partial charge on any atom is -0.460 e. The molecular formula is C52H79N5O12. The van der Waals surface area contributed by atoms with Crippen molar-refractivity contribution in [2.45, 2.75) is 180 Å². The Bertz CT molecular complexity index is 2020. The minimum atomic E-state index is -2.43. The summed E-state index contributed by atoms with van der Waals surface area (Å²) in [6.45, 7) is 12.8. The number of allylic oxidation sites excluding steroid dienone is 6. The number of aliphatic hydroxyl groups is 2. The van der Waals surface area contributed by atoms with Crippen LogP contribution in [0.4, 0.5) is 0 Å². The van der Waals surface area contributed by atoms with E-state index in [0.717, 1.165) is 18.4 Å². The maximum Gasteiger partial charge on any atom is 0.329 e. The normalized spacial score (nSPS) is 38.8. The number of tetrazole rings is 1. The van der Waals surface area contributed by atoms with Gasteiger partial charge in [-0.25, -0.2) is 9.48 Å². The van der Waals surface area contributed by atoms with E-state index < -0.39 is 77.8 Å². The van der Waals surface area contributed by atoms with Crippen LogP contribution in [-0.4, -0.2) is 141 Å². The number of cyclic esters (lactones) is 1. The van der Waals surface area contributed by atoms with Crippen molar-refractivity contribution in [3.63, 3.8) is 0 Å². The Morgan fingerprint density at radius 2 is 1.64 bits per heavy atom. The standard InChI is InChI=1S/C52H79N5O12/c1-31-16-12-11-13-17-32(2)43(65-8)28-39-21-19-37(7)52(64,69-39)49(61)50(62)56-23-15-14-18-41(56)51(63)68-44(34(4)26-38-20-22-40(45(27-38)66-9)57-30-53-54-55-57)29-42(58)33(3)25-36(6)47(60)48(67-10)46(59)35(5)24-31/h11-13,16-17,25,30-31,33-35,37-41,43-45,47-48,60,64H,14-15,18-24,26-29H2,1-10H3/b13-11+,16-12+,32-17+,36-25+/t31-,33-,34-,35?,37?,38+,39+,40+,41?,43+,44+,45-,47-,48?,52?/m1/s1. The molecule has 2 saturated heterocycles. The highest BCUT2D eigenvalue weighted by atomic mass is 16.6. The quantitative estimate of drug-likeness (QED) is 0.181. The third-order valence-electron chi connectivity index (χ3n) is 15.2. The molecule has 3 aliphatic heterocycles. The fourth-order valence-corrected chi connectivity index (χ4v) is 10.7. The van der Waals surface area contributed by atoms with E-state index in [1.807, 2.05) is 58.1 Å². The number of rotatable bonds is 7. The molecule has 384 valence electrons. The van der Waals surface area contributed by atoms with E-state index in [1.165, 1.54) is 12.0 Å². The van der Waals surface area contributed by atoms with Crippen molar-refractivity contribution < 1.29 is 57.9 Å². The van der Waals surface area contributed by atoms with E-state index in [1.54, 1.807) is 52.1 Å². The van der Waals surface area contributed by atoms with Crippen molar-refractivity contribution in [1.82, 2.24) is 25.1 Å². The molecule has 0 aromatic carbocycles.